The summed E-state index contributed by atoms with van der Waals surface area (Å²) in [5.41, 5.74) is 1.87. The summed E-state index contributed by atoms with van der Waals surface area (Å²) in [6.45, 7) is 5.98. The van der Waals surface area contributed by atoms with E-state index in [4.69, 9.17) is 23.2 Å². The van der Waals surface area contributed by atoms with Crippen LogP contribution in [-0.2, 0) is 14.8 Å². The Kier molecular flexibility index (Phi) is 8.84. The molecule has 1 saturated carbocycles. The van der Waals surface area contributed by atoms with Gasteiger partial charge in [0.1, 0.15) is 0 Å². The van der Waals surface area contributed by atoms with Crippen molar-refractivity contribution in [2.75, 3.05) is 10.5 Å². The second-order valence-electron chi connectivity index (χ2n) is 11.6. The largest absolute Gasteiger partial charge is 0.331 e. The fraction of sp³-hybridized carbons (Fsp3) is 0.364. The fourth-order valence-corrected chi connectivity index (χ4v) is 7.82. The molecule has 216 valence electrons. The number of nitrogens with one attached hydrogen (secondary N) is 1. The average Bonchev–Trinajstić information content (AvgIpc) is 3.77. The number of amides is 1. The number of sulfonamides is 1. The van der Waals surface area contributed by atoms with Crippen LogP contribution in [-0.4, -0.2) is 31.0 Å². The molecule has 8 heteroatoms. The molecule has 4 atom stereocenters. The van der Waals surface area contributed by atoms with Gasteiger partial charge in [0, 0.05) is 27.7 Å². The third kappa shape index (κ3) is 6.82. The van der Waals surface area contributed by atoms with E-state index in [1.165, 1.54) is 0 Å². The number of rotatable bonds is 11. The Morgan fingerprint density at radius 3 is 2.34 bits per heavy atom. The highest BCUT2D eigenvalue weighted by atomic mass is 35.5. The molecular weight excluding hydrogens is 575 g/mol. The van der Waals surface area contributed by atoms with Crippen molar-refractivity contribution in [3.8, 4) is 0 Å². The van der Waals surface area contributed by atoms with E-state index in [0.29, 0.717) is 35.0 Å². The molecule has 0 unspecified atom stereocenters. The van der Waals surface area contributed by atoms with Crippen molar-refractivity contribution in [3.05, 3.63) is 113 Å². The molecule has 1 amide bonds. The molecule has 2 fully saturated rings. The molecule has 1 heterocycles. The topological polar surface area (TPSA) is 66.5 Å². The number of para-hydroxylation sites is 1. The molecule has 5 rings (SSSR count). The van der Waals surface area contributed by atoms with Crippen LogP contribution >= 0.6 is 23.2 Å². The predicted octanol–water partition coefficient (Wildman–Crippen LogP) is 8.24. The Morgan fingerprint density at radius 1 is 1.00 bits per heavy atom. The van der Waals surface area contributed by atoms with Gasteiger partial charge in [-0.25, -0.2) is 8.42 Å². The average molecular weight is 612 g/mol. The van der Waals surface area contributed by atoms with E-state index in [1.54, 1.807) is 24.3 Å². The summed E-state index contributed by atoms with van der Waals surface area (Å²) in [6.07, 6.45) is 5.23. The molecule has 3 aromatic rings. The van der Waals surface area contributed by atoms with Crippen LogP contribution in [0.25, 0.3) is 0 Å². The summed E-state index contributed by atoms with van der Waals surface area (Å²) < 4.78 is 29.1. The number of likely N-dealkylation sites (tertiary alicyclic amines) is 1. The molecule has 1 aliphatic heterocycles. The molecular formula is C33H36Cl2N2O3S. The van der Waals surface area contributed by atoms with E-state index < -0.39 is 15.4 Å². The van der Waals surface area contributed by atoms with Gasteiger partial charge in [0.05, 0.1) is 17.2 Å². The lowest BCUT2D eigenvalue weighted by Crippen LogP contribution is -2.56. The highest BCUT2D eigenvalue weighted by Crippen LogP contribution is 2.54. The van der Waals surface area contributed by atoms with Crippen LogP contribution in [0.1, 0.15) is 62.1 Å². The number of nitrogens with zero attached hydrogens (tertiary/aromatic N) is 1. The fourth-order valence-electron chi connectivity index (χ4n) is 6.35. The maximum atomic E-state index is 14.6. The molecule has 2 aliphatic rings. The zero-order valence-corrected chi connectivity index (χ0v) is 25.5. The van der Waals surface area contributed by atoms with Gasteiger partial charge in [0.15, 0.2) is 0 Å². The number of halogens is 2. The summed E-state index contributed by atoms with van der Waals surface area (Å²) >= 11 is 12.8. The van der Waals surface area contributed by atoms with Crippen molar-refractivity contribution < 1.29 is 13.2 Å². The molecule has 0 radical (unpaired) electrons. The van der Waals surface area contributed by atoms with Gasteiger partial charge < -0.3 is 4.90 Å². The van der Waals surface area contributed by atoms with Crippen LogP contribution < -0.4 is 4.72 Å². The van der Waals surface area contributed by atoms with E-state index in [1.807, 2.05) is 66.4 Å². The first kappa shape index (κ1) is 29.7. The van der Waals surface area contributed by atoms with Crippen LogP contribution in [0.15, 0.2) is 91.5 Å². The Bertz CT molecular complexity index is 1490. The standard InChI is InChI=1S/C33H36Cl2N2O3S/c1-3-19-33(2)22-29(25-8-7-9-27(35)21-25)31(24-14-16-26(34)17-15-24)37(32(33)38)30(23-12-13-23)18-20-41(39,40)36-28-10-5-4-6-11-28/h3-11,14-17,21,23,29-31,36H,1,12-13,18-20,22H2,2H3/t29-,30+,31-,33+/m1/s1. The van der Waals surface area contributed by atoms with E-state index in [9.17, 15) is 13.2 Å². The molecule has 1 N–H and O–H groups in total. The van der Waals surface area contributed by atoms with Gasteiger partial charge in [0.25, 0.3) is 0 Å². The number of hydrogen-bond donors (Lipinski definition) is 1. The number of carbonyl (C=O) groups excluding carboxylic acids is 1. The van der Waals surface area contributed by atoms with Crippen LogP contribution in [0.4, 0.5) is 5.69 Å². The van der Waals surface area contributed by atoms with Gasteiger partial charge in [-0.2, -0.15) is 0 Å². The lowest BCUT2D eigenvalue weighted by Gasteiger charge is -2.52. The molecule has 0 aromatic heterocycles. The highest BCUT2D eigenvalue weighted by Gasteiger charge is 2.53. The number of piperidine rings is 1. The van der Waals surface area contributed by atoms with Gasteiger partial charge >= 0.3 is 0 Å². The van der Waals surface area contributed by atoms with Crippen molar-refractivity contribution in [1.29, 1.82) is 0 Å². The van der Waals surface area contributed by atoms with Crippen molar-refractivity contribution in [2.45, 2.75) is 57.0 Å². The van der Waals surface area contributed by atoms with E-state index in [-0.39, 0.29) is 35.6 Å². The minimum absolute atomic E-state index is 0.0425. The van der Waals surface area contributed by atoms with Crippen LogP contribution in [0.3, 0.4) is 0 Å². The second-order valence-corrected chi connectivity index (χ2v) is 14.3. The molecule has 1 saturated heterocycles. The van der Waals surface area contributed by atoms with Crippen molar-refractivity contribution in [1.82, 2.24) is 4.90 Å². The highest BCUT2D eigenvalue weighted by molar-refractivity contribution is 7.92. The quantitative estimate of drug-likeness (QED) is 0.222. The number of benzene rings is 3. The smallest absolute Gasteiger partial charge is 0.232 e. The predicted molar refractivity (Wildman–Crippen MR) is 168 cm³/mol. The molecule has 0 bridgehead atoms. The zero-order valence-electron chi connectivity index (χ0n) is 23.2. The number of hydrogen-bond acceptors (Lipinski definition) is 3. The van der Waals surface area contributed by atoms with Gasteiger partial charge in [-0.3, -0.25) is 9.52 Å². The molecule has 1 aliphatic carbocycles. The summed E-state index contributed by atoms with van der Waals surface area (Å²) in [4.78, 5) is 16.6. The first-order valence-corrected chi connectivity index (χ1v) is 16.5. The van der Waals surface area contributed by atoms with Crippen molar-refractivity contribution in [3.63, 3.8) is 0 Å². The lowest BCUT2D eigenvalue weighted by atomic mass is 9.67. The zero-order chi connectivity index (χ0) is 29.2. The molecule has 0 spiro atoms. The van der Waals surface area contributed by atoms with Gasteiger partial charge in [-0.15, -0.1) is 6.58 Å². The minimum Gasteiger partial charge on any atom is -0.331 e. The van der Waals surface area contributed by atoms with E-state index in [2.05, 4.69) is 17.4 Å². The summed E-state index contributed by atoms with van der Waals surface area (Å²) in [5, 5.41) is 1.26. The molecule has 3 aromatic carbocycles. The Balaban J connectivity index is 1.56. The Hall–Kier alpha value is -2.80. The maximum absolute atomic E-state index is 14.6. The lowest BCUT2D eigenvalue weighted by molar-refractivity contribution is -0.155. The SMILES string of the molecule is C=CC[C@@]1(C)C[C@H](c2cccc(Cl)c2)[C@@H](c2ccc(Cl)cc2)N([C@@H](CCS(=O)(=O)Nc2ccccc2)C2CC2)C1=O. The number of anilines is 1. The number of carbonyl (C=O) groups is 1. The Morgan fingerprint density at radius 2 is 1.71 bits per heavy atom. The van der Waals surface area contributed by atoms with Crippen LogP contribution in [0, 0.1) is 11.3 Å². The minimum atomic E-state index is -3.63. The monoisotopic (exact) mass is 610 g/mol. The van der Waals surface area contributed by atoms with Crippen molar-refractivity contribution >= 4 is 44.8 Å². The first-order valence-electron chi connectivity index (χ1n) is 14.1. The third-order valence-electron chi connectivity index (χ3n) is 8.44. The van der Waals surface area contributed by atoms with Gasteiger partial charge in [-0.1, -0.05) is 78.7 Å². The van der Waals surface area contributed by atoms with Crippen LogP contribution in [0.5, 0.6) is 0 Å². The summed E-state index contributed by atoms with van der Waals surface area (Å²) in [6, 6.07) is 23.9. The maximum Gasteiger partial charge on any atom is 0.232 e. The second kappa shape index (κ2) is 12.2. The number of allylic oxidation sites excluding steroid dienone is 1. The normalized spacial score (nSPS) is 23.7. The van der Waals surface area contributed by atoms with Gasteiger partial charge in [-0.05, 0) is 85.5 Å². The van der Waals surface area contributed by atoms with Crippen LogP contribution in [0.2, 0.25) is 10.0 Å². The van der Waals surface area contributed by atoms with E-state index in [0.717, 1.165) is 24.0 Å². The third-order valence-corrected chi connectivity index (χ3v) is 10.2. The van der Waals surface area contributed by atoms with E-state index >= 15 is 0 Å². The molecule has 41 heavy (non-hydrogen) atoms. The summed E-state index contributed by atoms with van der Waals surface area (Å²) in [7, 11) is -3.63. The summed E-state index contributed by atoms with van der Waals surface area (Å²) in [5.74, 6) is 0.144. The van der Waals surface area contributed by atoms with Gasteiger partial charge in [0.2, 0.25) is 15.9 Å². The molecule has 5 nitrogen and oxygen atoms in total. The van der Waals surface area contributed by atoms with Crippen molar-refractivity contribution in [2.24, 2.45) is 11.3 Å². The first-order chi connectivity index (χ1) is 19.6. The Labute approximate surface area is 253 Å².